The van der Waals surface area contributed by atoms with E-state index in [0.29, 0.717) is 17.0 Å². The van der Waals surface area contributed by atoms with Gasteiger partial charge in [0.15, 0.2) is 5.13 Å². The fourth-order valence-corrected chi connectivity index (χ4v) is 5.18. The van der Waals surface area contributed by atoms with Crippen molar-refractivity contribution in [3.05, 3.63) is 46.1 Å². The van der Waals surface area contributed by atoms with Crippen LogP contribution in [0, 0.1) is 18.3 Å². The molecule has 0 bridgehead atoms. The van der Waals surface area contributed by atoms with Crippen molar-refractivity contribution in [1.29, 1.82) is 5.26 Å². The molecule has 2 aromatic heterocycles. The van der Waals surface area contributed by atoms with E-state index in [4.69, 9.17) is 10.00 Å². The van der Waals surface area contributed by atoms with Gasteiger partial charge in [-0.2, -0.15) is 5.26 Å². The van der Waals surface area contributed by atoms with Crippen LogP contribution in [-0.2, 0) is 11.2 Å². The highest BCUT2D eigenvalue weighted by Crippen LogP contribution is 2.28. The summed E-state index contributed by atoms with van der Waals surface area (Å²) in [6.45, 7) is 9.02. The summed E-state index contributed by atoms with van der Waals surface area (Å²) >= 11 is 1.44. The number of ether oxygens (including phenoxy) is 1. The number of hydrogen-bond donors (Lipinski definition) is 1. The Morgan fingerprint density at radius 1 is 1.28 bits per heavy atom. The molecule has 1 fully saturated rings. The molecule has 8 heteroatoms. The lowest BCUT2D eigenvalue weighted by Gasteiger charge is -2.34. The number of thiazole rings is 1. The van der Waals surface area contributed by atoms with Crippen molar-refractivity contribution in [2.45, 2.75) is 33.1 Å². The maximum absolute atomic E-state index is 12.1. The number of aryl methyl sites for hydroxylation is 2. The minimum Gasteiger partial charge on any atom is -0.462 e. The van der Waals surface area contributed by atoms with Crippen molar-refractivity contribution in [3.8, 4) is 6.07 Å². The van der Waals surface area contributed by atoms with Crippen LogP contribution >= 0.6 is 11.3 Å². The third kappa shape index (κ3) is 4.95. The fraction of sp³-hybridized carbons (Fsp3) is 0.458. The quantitative estimate of drug-likeness (QED) is 0.409. The Morgan fingerprint density at radius 3 is 2.84 bits per heavy atom. The summed E-state index contributed by atoms with van der Waals surface area (Å²) in [6, 6.07) is 8.04. The van der Waals surface area contributed by atoms with E-state index < -0.39 is 0 Å². The second kappa shape index (κ2) is 10.2. The summed E-state index contributed by atoms with van der Waals surface area (Å²) in [7, 11) is 0. The number of aromatic nitrogens is 2. The number of fused-ring (bicyclic) bond motifs is 1. The molecule has 0 unspecified atom stereocenters. The Morgan fingerprint density at radius 2 is 2.09 bits per heavy atom. The van der Waals surface area contributed by atoms with Gasteiger partial charge in [0.1, 0.15) is 4.88 Å². The van der Waals surface area contributed by atoms with E-state index in [0.717, 1.165) is 68.3 Å². The van der Waals surface area contributed by atoms with Gasteiger partial charge in [-0.25, -0.2) is 9.78 Å². The molecule has 32 heavy (non-hydrogen) atoms. The van der Waals surface area contributed by atoms with Crippen molar-refractivity contribution in [2.75, 3.05) is 44.2 Å². The van der Waals surface area contributed by atoms with Gasteiger partial charge >= 0.3 is 5.97 Å². The van der Waals surface area contributed by atoms with Gasteiger partial charge in [0.2, 0.25) is 0 Å². The summed E-state index contributed by atoms with van der Waals surface area (Å²) in [4.78, 5) is 25.4. The molecule has 4 rings (SSSR count). The molecular weight excluding hydrogens is 422 g/mol. The second-order valence-electron chi connectivity index (χ2n) is 8.10. The molecule has 168 valence electrons. The smallest absolute Gasteiger partial charge is 0.350 e. The average molecular weight is 452 g/mol. The molecule has 0 radical (unpaired) electrons. The van der Waals surface area contributed by atoms with E-state index in [-0.39, 0.29) is 5.97 Å². The number of unbranched alkanes of at least 4 members (excludes halogenated alkanes) is 1. The Hall–Kier alpha value is -2.89. The highest BCUT2D eigenvalue weighted by molar-refractivity contribution is 7.17. The number of rotatable bonds is 8. The largest absolute Gasteiger partial charge is 0.462 e. The molecule has 0 atom stereocenters. The van der Waals surface area contributed by atoms with E-state index in [1.165, 1.54) is 22.3 Å². The number of piperazine rings is 1. The Bertz CT molecular complexity index is 1120. The molecule has 0 saturated carbocycles. The lowest BCUT2D eigenvalue weighted by atomic mass is 10.1. The van der Waals surface area contributed by atoms with E-state index >= 15 is 0 Å². The predicted molar refractivity (Wildman–Crippen MR) is 127 cm³/mol. The molecule has 1 N–H and O–H groups in total. The van der Waals surface area contributed by atoms with E-state index in [1.54, 1.807) is 0 Å². The van der Waals surface area contributed by atoms with Gasteiger partial charge in [-0.05, 0) is 63.4 Å². The zero-order valence-electron chi connectivity index (χ0n) is 18.7. The number of aromatic amines is 1. The fourth-order valence-electron chi connectivity index (χ4n) is 4.17. The summed E-state index contributed by atoms with van der Waals surface area (Å²) in [5.41, 5.74) is 3.85. The number of nitrogens with zero attached hydrogens (tertiary/aromatic N) is 4. The highest BCUT2D eigenvalue weighted by atomic mass is 32.1. The maximum atomic E-state index is 12.1. The number of H-pyrrole nitrogens is 1. The Balaban J connectivity index is 1.23. The number of carbonyl (C=O) groups excluding carboxylic acids is 1. The number of nitriles is 1. The predicted octanol–water partition coefficient (Wildman–Crippen LogP) is 4.13. The summed E-state index contributed by atoms with van der Waals surface area (Å²) in [6.07, 6.45) is 5.36. The Labute approximate surface area is 192 Å². The van der Waals surface area contributed by atoms with Crippen molar-refractivity contribution in [3.63, 3.8) is 0 Å². The van der Waals surface area contributed by atoms with E-state index in [2.05, 4.69) is 32.0 Å². The Kier molecular flexibility index (Phi) is 7.08. The van der Waals surface area contributed by atoms with E-state index in [1.807, 2.05) is 32.0 Å². The third-order valence-electron chi connectivity index (χ3n) is 5.96. The highest BCUT2D eigenvalue weighted by Gasteiger charge is 2.23. The van der Waals surface area contributed by atoms with Crippen LogP contribution in [0.4, 0.5) is 5.13 Å². The second-order valence-corrected chi connectivity index (χ2v) is 9.08. The molecule has 3 heterocycles. The summed E-state index contributed by atoms with van der Waals surface area (Å²) < 4.78 is 5.13. The van der Waals surface area contributed by atoms with Crippen LogP contribution in [0.3, 0.4) is 0 Å². The molecule has 1 saturated heterocycles. The topological polar surface area (TPSA) is 85.2 Å². The SMILES string of the molecule is CCOC(=O)c1sc(N2CCN(CCCCc3c[nH]c4ccc(C#N)cc34)CC2)nc1C. The van der Waals surface area contributed by atoms with Crippen molar-refractivity contribution in [1.82, 2.24) is 14.9 Å². The van der Waals surface area contributed by atoms with Gasteiger partial charge < -0.3 is 14.6 Å². The third-order valence-corrected chi connectivity index (χ3v) is 7.15. The van der Waals surface area contributed by atoms with Crippen LogP contribution < -0.4 is 4.90 Å². The van der Waals surface area contributed by atoms with Gasteiger partial charge in [-0.1, -0.05) is 11.3 Å². The first-order chi connectivity index (χ1) is 15.6. The van der Waals surface area contributed by atoms with Gasteiger partial charge in [-0.3, -0.25) is 4.90 Å². The van der Waals surface area contributed by atoms with Gasteiger partial charge in [0.05, 0.1) is 23.9 Å². The standard InChI is InChI=1S/C24H29N5O2S/c1-3-31-23(30)22-17(2)27-24(32-22)29-12-10-28(11-13-29)9-5-4-6-19-16-26-21-8-7-18(15-25)14-20(19)21/h7-8,14,16,26H,3-6,9-13H2,1-2H3. The maximum Gasteiger partial charge on any atom is 0.350 e. The normalized spacial score (nSPS) is 14.6. The monoisotopic (exact) mass is 451 g/mol. The molecule has 1 aliphatic rings. The van der Waals surface area contributed by atoms with Crippen LogP contribution in [-0.4, -0.2) is 60.2 Å². The molecule has 1 aromatic carbocycles. The molecular formula is C24H29N5O2S. The van der Waals surface area contributed by atoms with Crippen molar-refractivity contribution < 1.29 is 9.53 Å². The van der Waals surface area contributed by atoms with Crippen LogP contribution in [0.1, 0.15) is 46.3 Å². The lowest BCUT2D eigenvalue weighted by molar-refractivity contribution is 0.0531. The first-order valence-corrected chi connectivity index (χ1v) is 12.0. The van der Waals surface area contributed by atoms with E-state index in [9.17, 15) is 4.79 Å². The number of nitrogens with one attached hydrogen (secondary N) is 1. The van der Waals surface area contributed by atoms with Crippen molar-refractivity contribution >= 4 is 33.3 Å². The van der Waals surface area contributed by atoms with Crippen molar-refractivity contribution in [2.24, 2.45) is 0 Å². The van der Waals surface area contributed by atoms with Gasteiger partial charge in [0.25, 0.3) is 0 Å². The van der Waals surface area contributed by atoms with Gasteiger partial charge in [-0.15, -0.1) is 0 Å². The first kappa shape index (κ1) is 22.3. The van der Waals surface area contributed by atoms with Crippen LogP contribution in [0.5, 0.6) is 0 Å². The minimum atomic E-state index is -0.272. The van der Waals surface area contributed by atoms with Crippen LogP contribution in [0.2, 0.25) is 0 Å². The zero-order chi connectivity index (χ0) is 22.5. The molecule has 7 nitrogen and oxygen atoms in total. The molecule has 3 aromatic rings. The summed E-state index contributed by atoms with van der Waals surface area (Å²) in [5.74, 6) is -0.272. The molecule has 0 amide bonds. The number of anilines is 1. The number of carbonyl (C=O) groups is 1. The van der Waals surface area contributed by atoms with Gasteiger partial charge in [0, 0.05) is 43.3 Å². The number of benzene rings is 1. The zero-order valence-corrected chi connectivity index (χ0v) is 19.5. The first-order valence-electron chi connectivity index (χ1n) is 11.2. The average Bonchev–Trinajstić information content (AvgIpc) is 3.40. The minimum absolute atomic E-state index is 0.272. The molecule has 0 spiro atoms. The number of esters is 1. The molecule has 1 aliphatic heterocycles. The summed E-state index contributed by atoms with van der Waals surface area (Å²) in [5, 5.41) is 11.2. The van der Waals surface area contributed by atoms with Crippen LogP contribution in [0.15, 0.2) is 24.4 Å². The molecule has 0 aliphatic carbocycles. The lowest BCUT2D eigenvalue weighted by Crippen LogP contribution is -2.46. The number of hydrogen-bond acceptors (Lipinski definition) is 7. The van der Waals surface area contributed by atoms with Crippen LogP contribution in [0.25, 0.3) is 10.9 Å².